The fourth-order valence-electron chi connectivity index (χ4n) is 2.14. The topological polar surface area (TPSA) is 57.6 Å². The normalized spacial score (nSPS) is 10.9. The van der Waals surface area contributed by atoms with Crippen molar-refractivity contribution in [3.63, 3.8) is 0 Å². The van der Waals surface area contributed by atoms with Crippen molar-refractivity contribution in [2.75, 3.05) is 6.54 Å². The molecule has 20 heavy (non-hydrogen) atoms. The molecule has 0 saturated heterocycles. The van der Waals surface area contributed by atoms with E-state index in [-0.39, 0.29) is 23.9 Å². The van der Waals surface area contributed by atoms with E-state index in [2.05, 4.69) is 13.8 Å². The second-order valence-electron chi connectivity index (χ2n) is 5.67. The van der Waals surface area contributed by atoms with E-state index in [0.29, 0.717) is 18.0 Å². The van der Waals surface area contributed by atoms with Gasteiger partial charge in [0.2, 0.25) is 5.91 Å². The zero-order valence-corrected chi connectivity index (χ0v) is 12.6. The van der Waals surface area contributed by atoms with E-state index in [0.717, 1.165) is 0 Å². The molecular weight excluding hydrogens is 254 g/mol. The molecule has 0 bridgehead atoms. The molecule has 4 nitrogen and oxygen atoms in total. The van der Waals surface area contributed by atoms with Crippen molar-refractivity contribution in [1.29, 1.82) is 0 Å². The molecule has 0 heterocycles. The first-order valence-corrected chi connectivity index (χ1v) is 6.93. The van der Waals surface area contributed by atoms with Gasteiger partial charge in [-0.15, -0.1) is 0 Å². The lowest BCUT2D eigenvalue weighted by Gasteiger charge is -2.28. The summed E-state index contributed by atoms with van der Waals surface area (Å²) in [7, 11) is 0. The van der Waals surface area contributed by atoms with Crippen LogP contribution in [0.15, 0.2) is 24.3 Å². The van der Waals surface area contributed by atoms with E-state index >= 15 is 0 Å². The van der Waals surface area contributed by atoms with E-state index in [1.54, 1.807) is 18.2 Å². The number of aromatic carboxylic acids is 1. The SMILES string of the molecule is CC(C)CN(C(=O)Cc1ccccc1C(=O)O)C(C)C. The van der Waals surface area contributed by atoms with Crippen LogP contribution in [-0.2, 0) is 11.2 Å². The maximum Gasteiger partial charge on any atom is 0.335 e. The Balaban J connectivity index is 2.91. The smallest absolute Gasteiger partial charge is 0.335 e. The summed E-state index contributed by atoms with van der Waals surface area (Å²) in [5.41, 5.74) is 0.772. The summed E-state index contributed by atoms with van der Waals surface area (Å²) in [4.78, 5) is 25.4. The van der Waals surface area contributed by atoms with Crippen LogP contribution in [0.25, 0.3) is 0 Å². The molecule has 0 unspecified atom stereocenters. The zero-order chi connectivity index (χ0) is 15.3. The maximum absolute atomic E-state index is 12.4. The summed E-state index contributed by atoms with van der Waals surface area (Å²) in [6.07, 6.45) is 0.132. The lowest BCUT2D eigenvalue weighted by molar-refractivity contribution is -0.132. The predicted molar refractivity (Wildman–Crippen MR) is 78.8 cm³/mol. The third-order valence-electron chi connectivity index (χ3n) is 3.09. The predicted octanol–water partition coefficient (Wildman–Crippen LogP) is 2.82. The highest BCUT2D eigenvalue weighted by Gasteiger charge is 2.20. The fraction of sp³-hybridized carbons (Fsp3) is 0.500. The Hall–Kier alpha value is -1.84. The number of carbonyl (C=O) groups is 2. The Morgan fingerprint density at radius 1 is 1.15 bits per heavy atom. The van der Waals surface area contributed by atoms with Crippen molar-refractivity contribution >= 4 is 11.9 Å². The molecule has 1 N–H and O–H groups in total. The maximum atomic E-state index is 12.4. The molecule has 0 aromatic heterocycles. The fourth-order valence-corrected chi connectivity index (χ4v) is 2.14. The van der Waals surface area contributed by atoms with Gasteiger partial charge in [-0.3, -0.25) is 4.79 Å². The van der Waals surface area contributed by atoms with Gasteiger partial charge in [0.25, 0.3) is 0 Å². The highest BCUT2D eigenvalue weighted by molar-refractivity contribution is 5.91. The number of rotatable bonds is 6. The van der Waals surface area contributed by atoms with E-state index < -0.39 is 5.97 Å². The number of nitrogens with zero attached hydrogens (tertiary/aromatic N) is 1. The molecule has 0 fully saturated rings. The number of carboxylic acid groups (broad SMARTS) is 1. The third kappa shape index (κ3) is 4.37. The van der Waals surface area contributed by atoms with Gasteiger partial charge < -0.3 is 10.0 Å². The average molecular weight is 277 g/mol. The Morgan fingerprint density at radius 2 is 1.75 bits per heavy atom. The number of carbonyl (C=O) groups excluding carboxylic acids is 1. The van der Waals surface area contributed by atoms with Gasteiger partial charge in [0.1, 0.15) is 0 Å². The van der Waals surface area contributed by atoms with Crippen molar-refractivity contribution < 1.29 is 14.7 Å². The van der Waals surface area contributed by atoms with E-state index in [1.165, 1.54) is 6.07 Å². The third-order valence-corrected chi connectivity index (χ3v) is 3.09. The minimum Gasteiger partial charge on any atom is -0.478 e. The number of carboxylic acids is 1. The Labute approximate surface area is 120 Å². The molecule has 110 valence electrons. The minimum atomic E-state index is -0.992. The van der Waals surface area contributed by atoms with E-state index in [4.69, 9.17) is 5.11 Å². The Kier molecular flexibility index (Phi) is 5.74. The van der Waals surface area contributed by atoms with Crippen LogP contribution in [-0.4, -0.2) is 34.5 Å². The van der Waals surface area contributed by atoms with Crippen molar-refractivity contribution in [3.8, 4) is 0 Å². The monoisotopic (exact) mass is 277 g/mol. The Morgan fingerprint density at radius 3 is 2.25 bits per heavy atom. The molecule has 0 spiro atoms. The van der Waals surface area contributed by atoms with Crippen LogP contribution in [0, 0.1) is 5.92 Å². The van der Waals surface area contributed by atoms with Gasteiger partial charge >= 0.3 is 5.97 Å². The van der Waals surface area contributed by atoms with Crippen molar-refractivity contribution in [3.05, 3.63) is 35.4 Å². The lowest BCUT2D eigenvalue weighted by Crippen LogP contribution is -2.40. The van der Waals surface area contributed by atoms with Crippen LogP contribution in [0.4, 0.5) is 0 Å². The van der Waals surface area contributed by atoms with Crippen molar-refractivity contribution in [2.45, 2.75) is 40.2 Å². The molecule has 0 saturated carbocycles. The van der Waals surface area contributed by atoms with Gasteiger partial charge in [-0.2, -0.15) is 0 Å². The molecule has 4 heteroatoms. The summed E-state index contributed by atoms with van der Waals surface area (Å²) in [5, 5.41) is 9.15. The summed E-state index contributed by atoms with van der Waals surface area (Å²) >= 11 is 0. The minimum absolute atomic E-state index is 0.0256. The van der Waals surface area contributed by atoms with Crippen LogP contribution in [0.5, 0.6) is 0 Å². The molecule has 1 amide bonds. The molecule has 1 aromatic rings. The van der Waals surface area contributed by atoms with Gasteiger partial charge in [0.05, 0.1) is 12.0 Å². The highest BCUT2D eigenvalue weighted by atomic mass is 16.4. The highest BCUT2D eigenvalue weighted by Crippen LogP contribution is 2.13. The first kappa shape index (κ1) is 16.2. The van der Waals surface area contributed by atoms with Gasteiger partial charge in [0.15, 0.2) is 0 Å². The number of amides is 1. The summed E-state index contributed by atoms with van der Waals surface area (Å²) < 4.78 is 0. The molecule has 0 aliphatic carbocycles. The van der Waals surface area contributed by atoms with Crippen molar-refractivity contribution in [1.82, 2.24) is 4.90 Å². The molecule has 1 rings (SSSR count). The average Bonchev–Trinajstić information content (AvgIpc) is 2.35. The molecule has 1 aromatic carbocycles. The largest absolute Gasteiger partial charge is 0.478 e. The van der Waals surface area contributed by atoms with Crippen LogP contribution in [0.1, 0.15) is 43.6 Å². The summed E-state index contributed by atoms with van der Waals surface area (Å²) in [5.74, 6) is -0.633. The molecule has 0 atom stereocenters. The van der Waals surface area contributed by atoms with Crippen molar-refractivity contribution in [2.24, 2.45) is 5.92 Å². The quantitative estimate of drug-likeness (QED) is 0.870. The van der Waals surface area contributed by atoms with Gasteiger partial charge in [-0.1, -0.05) is 32.0 Å². The lowest BCUT2D eigenvalue weighted by atomic mass is 10.0. The number of hydrogen-bond acceptors (Lipinski definition) is 2. The standard InChI is InChI=1S/C16H23NO3/c1-11(2)10-17(12(3)4)15(18)9-13-7-5-6-8-14(13)16(19)20/h5-8,11-12H,9-10H2,1-4H3,(H,19,20). The van der Waals surface area contributed by atoms with Gasteiger partial charge in [-0.05, 0) is 31.4 Å². The van der Waals surface area contributed by atoms with Gasteiger partial charge in [-0.25, -0.2) is 4.79 Å². The van der Waals surface area contributed by atoms with Crippen LogP contribution in [0.3, 0.4) is 0 Å². The summed E-state index contributed by atoms with van der Waals surface area (Å²) in [6, 6.07) is 6.78. The van der Waals surface area contributed by atoms with E-state index in [9.17, 15) is 9.59 Å². The molecule has 0 aliphatic heterocycles. The second-order valence-corrected chi connectivity index (χ2v) is 5.67. The molecule has 0 radical (unpaired) electrons. The van der Waals surface area contributed by atoms with Crippen LogP contribution in [0.2, 0.25) is 0 Å². The molecule has 0 aliphatic rings. The second kappa shape index (κ2) is 7.08. The summed E-state index contributed by atoms with van der Waals surface area (Å²) in [6.45, 7) is 8.76. The molecular formula is C16H23NO3. The zero-order valence-electron chi connectivity index (χ0n) is 12.6. The first-order valence-electron chi connectivity index (χ1n) is 6.93. The van der Waals surface area contributed by atoms with Crippen LogP contribution >= 0.6 is 0 Å². The van der Waals surface area contributed by atoms with E-state index in [1.807, 2.05) is 18.7 Å². The number of hydrogen-bond donors (Lipinski definition) is 1. The first-order chi connectivity index (χ1) is 9.32. The number of benzene rings is 1. The van der Waals surface area contributed by atoms with Gasteiger partial charge in [0, 0.05) is 12.6 Å². The Bertz CT molecular complexity index is 480. The van der Waals surface area contributed by atoms with Crippen LogP contribution < -0.4 is 0 Å².